The fourth-order valence-corrected chi connectivity index (χ4v) is 5.22. The number of hydrogen-bond acceptors (Lipinski definition) is 3. The van der Waals surface area contributed by atoms with Crippen molar-refractivity contribution in [1.82, 2.24) is 5.32 Å². The summed E-state index contributed by atoms with van der Waals surface area (Å²) in [6.45, 7) is 5.28. The van der Waals surface area contributed by atoms with Gasteiger partial charge in [-0.2, -0.15) is 0 Å². The quantitative estimate of drug-likeness (QED) is 0.622. The van der Waals surface area contributed by atoms with Gasteiger partial charge < -0.3 is 5.32 Å². The Morgan fingerprint density at radius 1 is 1.15 bits per heavy atom. The van der Waals surface area contributed by atoms with Gasteiger partial charge in [0.05, 0.1) is 9.83 Å². The molecule has 1 atom stereocenters. The number of nitrogens with one attached hydrogen (secondary N) is 1. The van der Waals surface area contributed by atoms with Crippen molar-refractivity contribution in [1.29, 1.82) is 0 Å². The van der Waals surface area contributed by atoms with Crippen LogP contribution in [0.1, 0.15) is 28.3 Å². The topological polar surface area (TPSA) is 12.0 Å². The van der Waals surface area contributed by atoms with E-state index in [0.717, 1.165) is 6.54 Å². The molecule has 2 aromatic heterocycles. The summed E-state index contributed by atoms with van der Waals surface area (Å²) in [6, 6.07) is 13.5. The van der Waals surface area contributed by atoms with E-state index in [2.05, 4.69) is 71.5 Å². The highest BCUT2D eigenvalue weighted by molar-refractivity contribution is 9.11. The highest BCUT2D eigenvalue weighted by Crippen LogP contribution is 2.38. The third-order valence-electron chi connectivity index (χ3n) is 3.30. The van der Waals surface area contributed by atoms with E-state index < -0.39 is 0 Å². The molecule has 0 amide bonds. The Kier molecular flexibility index (Phi) is 4.26. The molecule has 0 aliphatic carbocycles. The van der Waals surface area contributed by atoms with Gasteiger partial charge in [-0.25, -0.2) is 0 Å². The first-order valence-corrected chi connectivity index (χ1v) is 9.09. The maximum Gasteiger partial charge on any atom is 0.0765 e. The van der Waals surface area contributed by atoms with E-state index in [4.69, 9.17) is 0 Å². The third-order valence-corrected chi connectivity index (χ3v) is 6.68. The monoisotopic (exact) mass is 365 g/mol. The number of halogens is 1. The Hall–Kier alpha value is -0.680. The van der Waals surface area contributed by atoms with Crippen LogP contribution in [0.3, 0.4) is 0 Å². The first kappa shape index (κ1) is 14.3. The lowest BCUT2D eigenvalue weighted by Gasteiger charge is -2.14. The zero-order chi connectivity index (χ0) is 14.1. The molecular weight excluding hydrogens is 350 g/mol. The van der Waals surface area contributed by atoms with Crippen LogP contribution in [0.5, 0.6) is 0 Å². The lowest BCUT2D eigenvalue weighted by Crippen LogP contribution is -2.20. The van der Waals surface area contributed by atoms with Gasteiger partial charge >= 0.3 is 0 Å². The van der Waals surface area contributed by atoms with Crippen LogP contribution in [0.4, 0.5) is 0 Å². The lowest BCUT2D eigenvalue weighted by molar-refractivity contribution is 0.649. The largest absolute Gasteiger partial charge is 0.305 e. The second-order valence-corrected chi connectivity index (χ2v) is 8.30. The number of aryl methyl sites for hydroxylation is 1. The first-order chi connectivity index (χ1) is 9.69. The molecule has 4 heteroatoms. The maximum absolute atomic E-state index is 3.64. The molecule has 2 heterocycles. The van der Waals surface area contributed by atoms with Gasteiger partial charge in [-0.15, -0.1) is 22.7 Å². The molecule has 0 aliphatic heterocycles. The average molecular weight is 366 g/mol. The number of benzene rings is 1. The molecule has 0 saturated heterocycles. The summed E-state index contributed by atoms with van der Waals surface area (Å²) in [7, 11) is 0. The van der Waals surface area contributed by atoms with Crippen molar-refractivity contribution in [2.45, 2.75) is 19.9 Å². The molecule has 0 aliphatic rings. The van der Waals surface area contributed by atoms with Crippen LogP contribution in [0.15, 0.2) is 40.2 Å². The van der Waals surface area contributed by atoms with Gasteiger partial charge in [0.1, 0.15) is 0 Å². The molecule has 1 N–H and O–H groups in total. The van der Waals surface area contributed by atoms with E-state index in [9.17, 15) is 0 Å². The van der Waals surface area contributed by atoms with Gasteiger partial charge in [0.25, 0.3) is 0 Å². The van der Waals surface area contributed by atoms with Crippen LogP contribution >= 0.6 is 38.6 Å². The first-order valence-electron chi connectivity index (χ1n) is 6.66. The number of fused-ring (bicyclic) bond motifs is 1. The summed E-state index contributed by atoms with van der Waals surface area (Å²) in [5.74, 6) is 0. The van der Waals surface area contributed by atoms with Crippen LogP contribution < -0.4 is 5.32 Å². The zero-order valence-electron chi connectivity index (χ0n) is 11.4. The maximum atomic E-state index is 3.64. The van der Waals surface area contributed by atoms with E-state index in [1.54, 1.807) is 0 Å². The zero-order valence-corrected chi connectivity index (χ0v) is 14.7. The summed E-state index contributed by atoms with van der Waals surface area (Å²) >= 11 is 7.35. The molecule has 3 aromatic rings. The van der Waals surface area contributed by atoms with Crippen LogP contribution in [0, 0.1) is 6.92 Å². The minimum atomic E-state index is 0.299. The molecule has 20 heavy (non-hydrogen) atoms. The van der Waals surface area contributed by atoms with Crippen molar-refractivity contribution in [3.63, 3.8) is 0 Å². The van der Waals surface area contributed by atoms with Gasteiger partial charge in [-0.1, -0.05) is 25.1 Å². The summed E-state index contributed by atoms with van der Waals surface area (Å²) < 4.78 is 2.59. The third kappa shape index (κ3) is 2.70. The summed E-state index contributed by atoms with van der Waals surface area (Å²) in [4.78, 5) is 2.77. The minimum absolute atomic E-state index is 0.299. The Bertz CT molecular complexity index is 676. The van der Waals surface area contributed by atoms with Crippen molar-refractivity contribution < 1.29 is 0 Å². The summed E-state index contributed by atoms with van der Waals surface area (Å²) in [5, 5.41) is 4.95. The van der Waals surface area contributed by atoms with E-state index >= 15 is 0 Å². The van der Waals surface area contributed by atoms with Gasteiger partial charge in [-0.3, -0.25) is 0 Å². The van der Waals surface area contributed by atoms with Crippen molar-refractivity contribution in [2.75, 3.05) is 6.54 Å². The van der Waals surface area contributed by atoms with Crippen LogP contribution in [0.25, 0.3) is 10.1 Å². The van der Waals surface area contributed by atoms with Crippen molar-refractivity contribution in [2.24, 2.45) is 0 Å². The predicted octanol–water partition coefficient (Wildman–Crippen LogP) is 5.73. The van der Waals surface area contributed by atoms with Crippen LogP contribution in [-0.2, 0) is 0 Å². The molecule has 0 fully saturated rings. The van der Waals surface area contributed by atoms with Gasteiger partial charge in [0.15, 0.2) is 0 Å². The molecule has 1 aromatic carbocycles. The Morgan fingerprint density at radius 2 is 1.90 bits per heavy atom. The van der Waals surface area contributed by atoms with E-state index in [1.807, 2.05) is 22.7 Å². The molecule has 0 spiro atoms. The Labute approximate surface area is 135 Å². The normalized spacial score (nSPS) is 12.9. The van der Waals surface area contributed by atoms with Gasteiger partial charge in [0, 0.05) is 14.5 Å². The highest BCUT2D eigenvalue weighted by atomic mass is 79.9. The second kappa shape index (κ2) is 5.98. The molecule has 104 valence electrons. The smallest absolute Gasteiger partial charge is 0.0765 e. The van der Waals surface area contributed by atoms with E-state index in [1.165, 1.54) is 29.2 Å². The molecule has 0 bridgehead atoms. The van der Waals surface area contributed by atoms with E-state index in [0.29, 0.717) is 6.04 Å². The van der Waals surface area contributed by atoms with Crippen molar-refractivity contribution in [3.8, 4) is 0 Å². The highest BCUT2D eigenvalue weighted by Gasteiger charge is 2.18. The second-order valence-electron chi connectivity index (χ2n) is 4.78. The lowest BCUT2D eigenvalue weighted by atomic mass is 10.1. The fraction of sp³-hybridized carbons (Fsp3) is 0.250. The summed E-state index contributed by atoms with van der Waals surface area (Å²) in [5.41, 5.74) is 1.31. The average Bonchev–Trinajstić information content (AvgIpc) is 3.00. The predicted molar refractivity (Wildman–Crippen MR) is 94.1 cm³/mol. The van der Waals surface area contributed by atoms with Crippen molar-refractivity contribution in [3.05, 3.63) is 55.5 Å². The summed E-state index contributed by atoms with van der Waals surface area (Å²) in [6.07, 6.45) is 0. The standard InChI is InChI=1S/C16H16BrNS2/c1-3-18-15(13-8-10(2)16(17)20-13)14-9-11-6-4-5-7-12(11)19-14/h4-9,15,18H,3H2,1-2H3. The molecular formula is C16H16BrNS2. The van der Waals surface area contributed by atoms with Gasteiger partial charge in [0.2, 0.25) is 0 Å². The van der Waals surface area contributed by atoms with E-state index in [-0.39, 0.29) is 0 Å². The number of thiophene rings is 2. The van der Waals surface area contributed by atoms with Crippen molar-refractivity contribution >= 4 is 48.7 Å². The Morgan fingerprint density at radius 3 is 2.55 bits per heavy atom. The molecule has 3 rings (SSSR count). The molecule has 0 saturated carbocycles. The minimum Gasteiger partial charge on any atom is -0.305 e. The molecule has 1 unspecified atom stereocenters. The van der Waals surface area contributed by atoms with Crippen LogP contribution in [-0.4, -0.2) is 6.54 Å². The Balaban J connectivity index is 2.05. The fourth-order valence-electron chi connectivity index (χ4n) is 2.32. The molecule has 1 nitrogen and oxygen atoms in total. The number of hydrogen-bond donors (Lipinski definition) is 1. The number of rotatable bonds is 4. The SMILES string of the molecule is CCNC(c1cc(C)c(Br)s1)c1cc2ccccc2s1. The van der Waals surface area contributed by atoms with Gasteiger partial charge in [-0.05, 0) is 58.5 Å². The van der Waals surface area contributed by atoms with Crippen LogP contribution in [0.2, 0.25) is 0 Å². The molecule has 0 radical (unpaired) electrons.